The van der Waals surface area contributed by atoms with Crippen LogP contribution in [0.3, 0.4) is 0 Å². The minimum Gasteiger partial charge on any atom is -0.397 e. The molecule has 0 amide bonds. The van der Waals surface area contributed by atoms with Crippen molar-refractivity contribution in [3.63, 3.8) is 0 Å². The van der Waals surface area contributed by atoms with Crippen LogP contribution in [-0.4, -0.2) is 46.9 Å². The molecule has 0 aliphatic heterocycles. The quantitative estimate of drug-likeness (QED) is 0.620. The van der Waals surface area contributed by atoms with Crippen molar-refractivity contribution in [1.82, 2.24) is 0 Å². The molecule has 19 heavy (non-hydrogen) atoms. The summed E-state index contributed by atoms with van der Waals surface area (Å²) in [5, 5.41) is 32.0. The van der Waals surface area contributed by atoms with Crippen molar-refractivity contribution in [2.75, 3.05) is 26.4 Å². The van der Waals surface area contributed by atoms with E-state index in [-0.39, 0.29) is 32.8 Å². The average Bonchev–Trinajstić information content (AvgIpc) is 2.31. The Hall–Kier alpha value is 0.723. The van der Waals surface area contributed by atoms with Gasteiger partial charge in [0.05, 0.1) is 0 Å². The SMILES string of the molecule is CC(C)CO.CC(C)CO.CC(C)CO.CCO.[Zr]. The summed E-state index contributed by atoms with van der Waals surface area (Å²) < 4.78 is 0. The Labute approximate surface area is 139 Å². The van der Waals surface area contributed by atoms with Crippen LogP contribution in [0.5, 0.6) is 0 Å². The third-order valence-corrected chi connectivity index (χ3v) is 1.10. The Kier molecular flexibility index (Phi) is 52.4. The van der Waals surface area contributed by atoms with Gasteiger partial charge in [0.25, 0.3) is 0 Å². The largest absolute Gasteiger partial charge is 0.397 e. The van der Waals surface area contributed by atoms with Gasteiger partial charge in [-0.2, -0.15) is 0 Å². The molecule has 0 bridgehead atoms. The number of aliphatic hydroxyl groups excluding tert-OH is 4. The van der Waals surface area contributed by atoms with E-state index in [0.29, 0.717) is 37.6 Å². The fraction of sp³-hybridized carbons (Fsp3) is 1.00. The summed E-state index contributed by atoms with van der Waals surface area (Å²) >= 11 is 0. The Morgan fingerprint density at radius 2 is 0.632 bits per heavy atom. The molecule has 0 radical (unpaired) electrons. The van der Waals surface area contributed by atoms with E-state index in [0.717, 1.165) is 0 Å². The number of hydrogen-bond donors (Lipinski definition) is 4. The van der Waals surface area contributed by atoms with Gasteiger partial charge in [-0.15, -0.1) is 0 Å². The van der Waals surface area contributed by atoms with Gasteiger partial charge >= 0.3 is 0 Å². The summed E-state index contributed by atoms with van der Waals surface area (Å²) in [5.74, 6) is 1.32. The van der Waals surface area contributed by atoms with E-state index in [1.807, 2.05) is 41.5 Å². The molecule has 0 rings (SSSR count). The molecule has 0 saturated heterocycles. The molecule has 0 unspecified atom stereocenters. The summed E-state index contributed by atoms with van der Waals surface area (Å²) in [6, 6.07) is 0. The van der Waals surface area contributed by atoms with Gasteiger partial charge in [-0.05, 0) is 24.7 Å². The predicted molar refractivity (Wildman–Crippen MR) is 78.5 cm³/mol. The third kappa shape index (κ3) is 116. The van der Waals surface area contributed by atoms with Crippen LogP contribution < -0.4 is 0 Å². The maximum absolute atomic E-state index is 8.14. The molecule has 0 aromatic carbocycles. The number of hydrogen-bond acceptors (Lipinski definition) is 4. The molecule has 4 N–H and O–H groups in total. The molecule has 0 atom stereocenters. The zero-order chi connectivity index (χ0) is 15.6. The zero-order valence-corrected chi connectivity index (χ0v) is 16.3. The van der Waals surface area contributed by atoms with E-state index in [2.05, 4.69) is 0 Å². The molecule has 0 heterocycles. The maximum atomic E-state index is 8.14. The Balaban J connectivity index is -0.0000000458. The van der Waals surface area contributed by atoms with Gasteiger partial charge in [0, 0.05) is 52.6 Å². The standard InChI is InChI=1S/3C4H10O.C2H6O.Zr/c3*1-4(2)3-5;1-2-3;/h3*4-5H,3H2,1-2H3;3H,2H2,1H3;. The monoisotopic (exact) mass is 358 g/mol. The van der Waals surface area contributed by atoms with Crippen molar-refractivity contribution in [1.29, 1.82) is 0 Å². The molecule has 0 aliphatic rings. The van der Waals surface area contributed by atoms with Crippen LogP contribution in [0.4, 0.5) is 0 Å². The van der Waals surface area contributed by atoms with Crippen molar-refractivity contribution < 1.29 is 46.6 Å². The molecule has 0 saturated carbocycles. The van der Waals surface area contributed by atoms with Crippen LogP contribution in [0.2, 0.25) is 0 Å². The van der Waals surface area contributed by atoms with Crippen LogP contribution >= 0.6 is 0 Å². The predicted octanol–water partition coefficient (Wildman–Crippen LogP) is 1.90. The molecule has 4 nitrogen and oxygen atoms in total. The minimum atomic E-state index is 0. The van der Waals surface area contributed by atoms with Crippen molar-refractivity contribution in [3.05, 3.63) is 0 Å². The summed E-state index contributed by atoms with van der Waals surface area (Å²) in [6.07, 6.45) is 0. The van der Waals surface area contributed by atoms with E-state index < -0.39 is 0 Å². The maximum Gasteiger partial charge on any atom is 0.0453 e. The normalized spacial score (nSPS) is 8.53. The van der Waals surface area contributed by atoms with Crippen molar-refractivity contribution in [3.8, 4) is 0 Å². The van der Waals surface area contributed by atoms with Crippen LogP contribution in [0.15, 0.2) is 0 Å². The van der Waals surface area contributed by atoms with Gasteiger partial charge in [0.2, 0.25) is 0 Å². The van der Waals surface area contributed by atoms with E-state index in [4.69, 9.17) is 20.4 Å². The molecule has 120 valence electrons. The van der Waals surface area contributed by atoms with E-state index in [9.17, 15) is 0 Å². The second kappa shape index (κ2) is 31.2. The van der Waals surface area contributed by atoms with Gasteiger partial charge < -0.3 is 20.4 Å². The summed E-state index contributed by atoms with van der Waals surface area (Å²) in [7, 11) is 0. The van der Waals surface area contributed by atoms with Gasteiger partial charge in [0.15, 0.2) is 0 Å². The molecule has 5 heteroatoms. The average molecular weight is 360 g/mol. The van der Waals surface area contributed by atoms with Crippen molar-refractivity contribution in [2.24, 2.45) is 17.8 Å². The summed E-state index contributed by atoms with van der Waals surface area (Å²) in [4.78, 5) is 0. The first-order chi connectivity index (χ1) is 8.22. The van der Waals surface area contributed by atoms with Crippen molar-refractivity contribution >= 4 is 0 Å². The first-order valence-corrected chi connectivity index (χ1v) is 6.66. The fourth-order valence-corrected chi connectivity index (χ4v) is 0. The molecular formula is C14H36O4Zr. The zero-order valence-electron chi connectivity index (χ0n) is 13.8. The Morgan fingerprint density at radius 1 is 0.579 bits per heavy atom. The van der Waals surface area contributed by atoms with Gasteiger partial charge in [-0.25, -0.2) is 0 Å². The fourth-order valence-electron chi connectivity index (χ4n) is 0. The first kappa shape index (κ1) is 31.9. The van der Waals surface area contributed by atoms with E-state index in [1.165, 1.54) is 0 Å². The topological polar surface area (TPSA) is 80.9 Å². The molecule has 0 spiro atoms. The van der Waals surface area contributed by atoms with Crippen LogP contribution in [-0.2, 0) is 26.2 Å². The summed E-state index contributed by atoms with van der Waals surface area (Å²) in [6.45, 7) is 14.7. The molecule has 0 aliphatic carbocycles. The number of rotatable bonds is 3. The van der Waals surface area contributed by atoms with Crippen LogP contribution in [0.25, 0.3) is 0 Å². The molecule has 0 aromatic heterocycles. The van der Waals surface area contributed by atoms with Crippen LogP contribution in [0, 0.1) is 17.8 Å². The second-order valence-corrected chi connectivity index (χ2v) is 5.05. The van der Waals surface area contributed by atoms with Crippen LogP contribution in [0.1, 0.15) is 48.5 Å². The Morgan fingerprint density at radius 3 is 0.632 bits per heavy atom. The second-order valence-electron chi connectivity index (χ2n) is 5.05. The smallest absolute Gasteiger partial charge is 0.0453 e. The van der Waals surface area contributed by atoms with Gasteiger partial charge in [-0.1, -0.05) is 41.5 Å². The minimum absolute atomic E-state index is 0. The molecular weight excluding hydrogens is 323 g/mol. The number of aliphatic hydroxyl groups is 4. The molecule has 0 aromatic rings. The van der Waals surface area contributed by atoms with E-state index >= 15 is 0 Å². The molecule has 0 fully saturated rings. The third-order valence-electron chi connectivity index (χ3n) is 1.10. The van der Waals surface area contributed by atoms with Gasteiger partial charge in [-0.3, -0.25) is 0 Å². The van der Waals surface area contributed by atoms with E-state index in [1.54, 1.807) is 6.92 Å². The van der Waals surface area contributed by atoms with Gasteiger partial charge in [0.1, 0.15) is 0 Å². The first-order valence-electron chi connectivity index (χ1n) is 6.66. The van der Waals surface area contributed by atoms with Crippen molar-refractivity contribution in [2.45, 2.75) is 48.5 Å². The summed E-state index contributed by atoms with van der Waals surface area (Å²) in [5.41, 5.74) is 0. The Bertz CT molecular complexity index is 90.6.